The minimum atomic E-state index is -0.945. The number of cyclic esters (lactones) is 1. The molecule has 1 saturated carbocycles. The zero-order chi connectivity index (χ0) is 23.3. The van der Waals surface area contributed by atoms with E-state index in [-0.39, 0.29) is 47.7 Å². The normalized spacial score (nSPS) is 36.7. The number of rotatable bonds is 8. The smallest absolute Gasteiger partial charge is 0.309 e. The summed E-state index contributed by atoms with van der Waals surface area (Å²) in [6, 6.07) is 1.80. The molecule has 0 aromatic carbocycles. The van der Waals surface area contributed by atoms with Crippen molar-refractivity contribution in [3.63, 3.8) is 0 Å². The molecule has 2 saturated heterocycles. The largest absolute Gasteiger partial charge is 0.472 e. The summed E-state index contributed by atoms with van der Waals surface area (Å²) in [5.74, 6) is -1.25. The van der Waals surface area contributed by atoms with E-state index < -0.39 is 17.1 Å². The Bertz CT molecular complexity index is 877. The number of ketones is 1. The van der Waals surface area contributed by atoms with Gasteiger partial charge in [-0.15, -0.1) is 0 Å². The van der Waals surface area contributed by atoms with Crippen LogP contribution in [0.25, 0.3) is 0 Å². The fraction of sp³-hybridized carbons (Fsp3) is 0.720. The van der Waals surface area contributed by atoms with Gasteiger partial charge in [-0.05, 0) is 45.1 Å². The summed E-state index contributed by atoms with van der Waals surface area (Å²) in [7, 11) is 0. The molecule has 3 aliphatic rings. The van der Waals surface area contributed by atoms with Crippen molar-refractivity contribution >= 4 is 17.7 Å². The van der Waals surface area contributed by atoms with Crippen LogP contribution >= 0.6 is 0 Å². The molecular formula is C25H34O7. The maximum atomic E-state index is 13.2. The lowest BCUT2D eigenvalue weighted by Gasteiger charge is -2.42. The third kappa shape index (κ3) is 3.68. The zero-order valence-corrected chi connectivity index (χ0v) is 19.6. The SMILES string of the molecule is CC[C@@H](C)C(=O)O[C@H](C[C@@H](C)[C@@H]1C[C@H](c2ccoc2)OC1=O)[C@@]1(C)C(=O)CC[C@H]2O[C@]21C. The number of hydrogen-bond acceptors (Lipinski definition) is 7. The molecule has 0 amide bonds. The van der Waals surface area contributed by atoms with E-state index in [9.17, 15) is 14.4 Å². The maximum absolute atomic E-state index is 13.2. The van der Waals surface area contributed by atoms with Gasteiger partial charge in [0.25, 0.3) is 0 Å². The molecule has 0 spiro atoms. The molecule has 176 valence electrons. The number of esters is 2. The summed E-state index contributed by atoms with van der Waals surface area (Å²) < 4.78 is 22.7. The van der Waals surface area contributed by atoms with Gasteiger partial charge in [-0.25, -0.2) is 0 Å². The van der Waals surface area contributed by atoms with Gasteiger partial charge < -0.3 is 18.6 Å². The number of Topliss-reactive ketones (excluding diaryl/α,β-unsaturated/α-hetero) is 1. The molecule has 32 heavy (non-hydrogen) atoms. The van der Waals surface area contributed by atoms with E-state index >= 15 is 0 Å². The second-order valence-corrected chi connectivity index (χ2v) is 10.1. The van der Waals surface area contributed by atoms with Crippen molar-refractivity contribution in [2.45, 2.75) is 90.6 Å². The summed E-state index contributed by atoms with van der Waals surface area (Å²) in [6.07, 6.45) is 4.86. The molecule has 7 nitrogen and oxygen atoms in total. The highest BCUT2D eigenvalue weighted by molar-refractivity contribution is 5.89. The number of furan rings is 1. The van der Waals surface area contributed by atoms with E-state index in [1.165, 1.54) is 0 Å². The van der Waals surface area contributed by atoms with Crippen LogP contribution in [-0.2, 0) is 28.6 Å². The first-order valence-electron chi connectivity index (χ1n) is 11.8. The van der Waals surface area contributed by atoms with E-state index in [1.807, 2.05) is 34.6 Å². The zero-order valence-electron chi connectivity index (χ0n) is 19.6. The van der Waals surface area contributed by atoms with Gasteiger partial charge >= 0.3 is 11.9 Å². The van der Waals surface area contributed by atoms with Crippen LogP contribution in [-0.4, -0.2) is 35.5 Å². The van der Waals surface area contributed by atoms with Gasteiger partial charge in [0.05, 0.1) is 35.9 Å². The van der Waals surface area contributed by atoms with Crippen molar-refractivity contribution in [2.24, 2.45) is 23.2 Å². The van der Waals surface area contributed by atoms with E-state index in [0.29, 0.717) is 32.1 Å². The lowest BCUT2D eigenvalue weighted by molar-refractivity contribution is -0.170. The van der Waals surface area contributed by atoms with Gasteiger partial charge in [0, 0.05) is 18.4 Å². The fourth-order valence-electron chi connectivity index (χ4n) is 5.41. The van der Waals surface area contributed by atoms with E-state index in [1.54, 1.807) is 18.6 Å². The quantitative estimate of drug-likeness (QED) is 0.431. The van der Waals surface area contributed by atoms with Gasteiger partial charge in [-0.2, -0.15) is 0 Å². The van der Waals surface area contributed by atoms with E-state index in [0.717, 1.165) is 5.56 Å². The average Bonchev–Trinajstić information content (AvgIpc) is 3.12. The highest BCUT2D eigenvalue weighted by Gasteiger charge is 2.72. The second-order valence-electron chi connectivity index (χ2n) is 10.1. The van der Waals surface area contributed by atoms with Gasteiger partial charge in [-0.3, -0.25) is 14.4 Å². The topological polar surface area (TPSA) is 95.3 Å². The first kappa shape index (κ1) is 23.0. The average molecular weight is 447 g/mol. The Labute approximate surface area is 189 Å². The van der Waals surface area contributed by atoms with Crippen LogP contribution in [0, 0.1) is 23.2 Å². The van der Waals surface area contributed by atoms with Crippen LogP contribution in [0.15, 0.2) is 23.0 Å². The molecule has 7 heteroatoms. The minimum absolute atomic E-state index is 0.00669. The maximum Gasteiger partial charge on any atom is 0.309 e. The predicted octanol–water partition coefficient (Wildman–Crippen LogP) is 4.39. The molecule has 1 aromatic rings. The second kappa shape index (κ2) is 8.32. The van der Waals surface area contributed by atoms with Crippen molar-refractivity contribution < 1.29 is 33.0 Å². The molecule has 8 atom stereocenters. The van der Waals surface area contributed by atoms with Crippen molar-refractivity contribution in [3.05, 3.63) is 24.2 Å². The molecule has 1 aliphatic carbocycles. The number of epoxide rings is 1. The summed E-state index contributed by atoms with van der Waals surface area (Å²) in [4.78, 5) is 38.7. The fourth-order valence-corrected chi connectivity index (χ4v) is 5.41. The number of carbonyl (C=O) groups is 3. The first-order chi connectivity index (χ1) is 15.1. The van der Waals surface area contributed by atoms with Gasteiger partial charge in [0.15, 0.2) is 0 Å². The molecule has 4 rings (SSSR count). The molecule has 0 N–H and O–H groups in total. The summed E-state index contributed by atoms with van der Waals surface area (Å²) in [5, 5.41) is 0. The van der Waals surface area contributed by atoms with Gasteiger partial charge in [-0.1, -0.05) is 20.8 Å². The highest BCUT2D eigenvalue weighted by atomic mass is 16.6. The highest BCUT2D eigenvalue weighted by Crippen LogP contribution is 2.59. The Morgan fingerprint density at radius 2 is 2.03 bits per heavy atom. The van der Waals surface area contributed by atoms with E-state index in [2.05, 4.69) is 0 Å². The van der Waals surface area contributed by atoms with Crippen molar-refractivity contribution in [1.82, 2.24) is 0 Å². The molecule has 0 unspecified atom stereocenters. The molecule has 0 radical (unpaired) electrons. The lowest BCUT2D eigenvalue weighted by atomic mass is 9.62. The Morgan fingerprint density at radius 3 is 2.69 bits per heavy atom. The van der Waals surface area contributed by atoms with Crippen LogP contribution in [0.5, 0.6) is 0 Å². The Morgan fingerprint density at radius 1 is 1.28 bits per heavy atom. The Kier molecular flexibility index (Phi) is 5.99. The monoisotopic (exact) mass is 446 g/mol. The Hall–Kier alpha value is -2.15. The van der Waals surface area contributed by atoms with Crippen molar-refractivity contribution in [3.8, 4) is 0 Å². The summed E-state index contributed by atoms with van der Waals surface area (Å²) in [5.41, 5.74) is -0.749. The molecule has 3 fully saturated rings. The summed E-state index contributed by atoms with van der Waals surface area (Å²) >= 11 is 0. The third-order valence-electron chi connectivity index (χ3n) is 8.32. The van der Waals surface area contributed by atoms with E-state index in [4.69, 9.17) is 18.6 Å². The number of ether oxygens (including phenoxy) is 3. The molecule has 1 aromatic heterocycles. The predicted molar refractivity (Wildman–Crippen MR) is 114 cm³/mol. The molecular weight excluding hydrogens is 412 g/mol. The van der Waals surface area contributed by atoms with Crippen LogP contribution in [0.4, 0.5) is 0 Å². The minimum Gasteiger partial charge on any atom is -0.472 e. The summed E-state index contributed by atoms with van der Waals surface area (Å²) in [6.45, 7) is 9.55. The van der Waals surface area contributed by atoms with Crippen LogP contribution < -0.4 is 0 Å². The number of fused-ring (bicyclic) bond motifs is 1. The van der Waals surface area contributed by atoms with Gasteiger partial charge in [0.2, 0.25) is 0 Å². The van der Waals surface area contributed by atoms with Crippen molar-refractivity contribution in [1.29, 1.82) is 0 Å². The third-order valence-corrected chi connectivity index (χ3v) is 8.32. The molecule has 3 heterocycles. The standard InChI is InChI=1S/C25H34O7/c1-6-14(2)22(27)31-21(24(4)19(26)7-8-20-25(24,5)32-20)11-15(3)17-12-18(30-23(17)28)16-9-10-29-13-16/h9-10,13-15,17-18,20-21H,6-8,11-12H2,1-5H3/t14-,15-,17+,18-,20-,21-,24-,25-/m1/s1. The van der Waals surface area contributed by atoms with Crippen LogP contribution in [0.3, 0.4) is 0 Å². The Balaban J connectivity index is 1.56. The van der Waals surface area contributed by atoms with Crippen LogP contribution in [0.2, 0.25) is 0 Å². The first-order valence-corrected chi connectivity index (χ1v) is 11.8. The van der Waals surface area contributed by atoms with Crippen LogP contribution in [0.1, 0.15) is 78.4 Å². The number of hydrogen-bond donors (Lipinski definition) is 0. The number of carbonyl (C=O) groups excluding carboxylic acids is 3. The van der Waals surface area contributed by atoms with Crippen molar-refractivity contribution in [2.75, 3.05) is 0 Å². The molecule has 0 bridgehead atoms. The lowest BCUT2D eigenvalue weighted by Crippen LogP contribution is -2.55. The molecule has 2 aliphatic heterocycles. The van der Waals surface area contributed by atoms with Gasteiger partial charge in [0.1, 0.15) is 23.6 Å².